The Morgan fingerprint density at radius 3 is 2.88 bits per heavy atom. The molecule has 1 aromatic carbocycles. The van der Waals surface area contributed by atoms with E-state index in [4.69, 9.17) is 0 Å². The third-order valence-corrected chi connectivity index (χ3v) is 2.99. The van der Waals surface area contributed by atoms with Gasteiger partial charge < -0.3 is 15.3 Å². The van der Waals surface area contributed by atoms with Crippen molar-refractivity contribution in [3.05, 3.63) is 30.1 Å². The van der Waals surface area contributed by atoms with Crippen molar-refractivity contribution in [2.75, 3.05) is 18.1 Å². The van der Waals surface area contributed by atoms with Crippen molar-refractivity contribution < 1.29 is 14.3 Å². The minimum atomic E-state index is -0.726. The van der Waals surface area contributed by atoms with Gasteiger partial charge in [-0.25, -0.2) is 4.39 Å². The summed E-state index contributed by atoms with van der Waals surface area (Å²) in [6.07, 6.45) is 0. The fraction of sp³-hybridized carbons (Fsp3) is 0.417. The molecule has 1 aliphatic rings. The summed E-state index contributed by atoms with van der Waals surface area (Å²) in [5, 5.41) is 12.0. The minimum Gasteiger partial charge on any atom is -0.394 e. The van der Waals surface area contributed by atoms with Crippen LogP contribution in [-0.2, 0) is 4.79 Å². The molecule has 1 amide bonds. The molecule has 0 spiro atoms. The number of piperazine rings is 1. The van der Waals surface area contributed by atoms with Crippen molar-refractivity contribution in [2.24, 2.45) is 0 Å². The van der Waals surface area contributed by atoms with Crippen molar-refractivity contribution in [3.63, 3.8) is 0 Å². The van der Waals surface area contributed by atoms with E-state index in [1.165, 1.54) is 6.07 Å². The average Bonchev–Trinajstić information content (AvgIpc) is 2.33. The van der Waals surface area contributed by atoms with Crippen LogP contribution >= 0.6 is 0 Å². The molecule has 92 valence electrons. The van der Waals surface area contributed by atoms with E-state index in [0.29, 0.717) is 12.2 Å². The summed E-state index contributed by atoms with van der Waals surface area (Å²) in [6.45, 7) is 2.00. The Balaban J connectivity index is 2.39. The number of rotatable bonds is 2. The third-order valence-electron chi connectivity index (χ3n) is 2.99. The zero-order valence-electron chi connectivity index (χ0n) is 9.56. The number of carbonyl (C=O) groups excluding carboxylic acids is 1. The van der Waals surface area contributed by atoms with Crippen LogP contribution in [0.2, 0.25) is 0 Å². The van der Waals surface area contributed by atoms with Gasteiger partial charge in [0.2, 0.25) is 5.91 Å². The Morgan fingerprint density at radius 1 is 1.53 bits per heavy atom. The van der Waals surface area contributed by atoms with Gasteiger partial charge in [-0.1, -0.05) is 12.1 Å². The van der Waals surface area contributed by atoms with E-state index in [0.717, 1.165) is 0 Å². The molecule has 5 heteroatoms. The van der Waals surface area contributed by atoms with E-state index in [-0.39, 0.29) is 24.4 Å². The maximum absolute atomic E-state index is 13.7. The summed E-state index contributed by atoms with van der Waals surface area (Å²) in [5.41, 5.74) is 0.355. The average molecular weight is 238 g/mol. The fourth-order valence-electron chi connectivity index (χ4n) is 2.14. The van der Waals surface area contributed by atoms with Crippen LogP contribution in [0.4, 0.5) is 10.1 Å². The molecule has 2 unspecified atom stereocenters. The maximum atomic E-state index is 13.7. The van der Waals surface area contributed by atoms with Gasteiger partial charge in [0.1, 0.15) is 11.9 Å². The van der Waals surface area contributed by atoms with Gasteiger partial charge in [-0.05, 0) is 19.1 Å². The number of hydrogen-bond donors (Lipinski definition) is 2. The smallest absolute Gasteiger partial charge is 0.245 e. The van der Waals surface area contributed by atoms with Crippen molar-refractivity contribution in [1.29, 1.82) is 0 Å². The second-order valence-electron chi connectivity index (χ2n) is 4.15. The SMILES string of the molecule is CC1CNC(=O)C(CO)N1c1ccccc1F. The second-order valence-corrected chi connectivity index (χ2v) is 4.15. The molecule has 1 aromatic rings. The van der Waals surface area contributed by atoms with Gasteiger partial charge in [0, 0.05) is 12.6 Å². The summed E-state index contributed by atoms with van der Waals surface area (Å²) in [6, 6.07) is 5.50. The number of hydrogen-bond acceptors (Lipinski definition) is 3. The summed E-state index contributed by atoms with van der Waals surface area (Å²) >= 11 is 0. The molecule has 0 aliphatic carbocycles. The van der Waals surface area contributed by atoms with Crippen LogP contribution in [0.25, 0.3) is 0 Å². The molecular formula is C12H15FN2O2. The molecule has 1 aliphatic heterocycles. The Hall–Kier alpha value is -1.62. The molecule has 1 fully saturated rings. The van der Waals surface area contributed by atoms with Gasteiger partial charge in [-0.2, -0.15) is 0 Å². The van der Waals surface area contributed by atoms with E-state index in [1.807, 2.05) is 6.92 Å². The van der Waals surface area contributed by atoms with Crippen molar-refractivity contribution in [2.45, 2.75) is 19.0 Å². The van der Waals surface area contributed by atoms with Crippen LogP contribution in [-0.4, -0.2) is 36.2 Å². The van der Waals surface area contributed by atoms with E-state index in [2.05, 4.69) is 5.32 Å². The van der Waals surface area contributed by atoms with Crippen LogP contribution in [0, 0.1) is 5.82 Å². The van der Waals surface area contributed by atoms with Crippen LogP contribution in [0.15, 0.2) is 24.3 Å². The molecule has 2 rings (SSSR count). The highest BCUT2D eigenvalue weighted by Gasteiger charge is 2.34. The van der Waals surface area contributed by atoms with Gasteiger partial charge in [0.25, 0.3) is 0 Å². The number of benzene rings is 1. The molecule has 0 saturated carbocycles. The van der Waals surface area contributed by atoms with Gasteiger partial charge >= 0.3 is 0 Å². The van der Waals surface area contributed by atoms with E-state index in [1.54, 1.807) is 23.1 Å². The first-order valence-electron chi connectivity index (χ1n) is 5.56. The molecule has 2 atom stereocenters. The summed E-state index contributed by atoms with van der Waals surface area (Å²) in [4.78, 5) is 13.3. The lowest BCUT2D eigenvalue weighted by Gasteiger charge is -2.41. The second kappa shape index (κ2) is 4.71. The number of anilines is 1. The molecule has 0 aromatic heterocycles. The molecular weight excluding hydrogens is 223 g/mol. The fourth-order valence-corrected chi connectivity index (χ4v) is 2.14. The van der Waals surface area contributed by atoms with Crippen LogP contribution in [0.5, 0.6) is 0 Å². The molecule has 0 radical (unpaired) electrons. The predicted octanol–water partition coefficient (Wildman–Crippen LogP) is 0.511. The zero-order chi connectivity index (χ0) is 12.4. The molecule has 17 heavy (non-hydrogen) atoms. The van der Waals surface area contributed by atoms with E-state index >= 15 is 0 Å². The van der Waals surface area contributed by atoms with Crippen molar-refractivity contribution in [3.8, 4) is 0 Å². The van der Waals surface area contributed by atoms with Gasteiger partial charge in [0.15, 0.2) is 0 Å². The Morgan fingerprint density at radius 2 is 2.24 bits per heavy atom. The first kappa shape index (κ1) is 11.9. The lowest BCUT2D eigenvalue weighted by molar-refractivity contribution is -0.124. The lowest BCUT2D eigenvalue weighted by Crippen LogP contribution is -2.61. The molecule has 4 nitrogen and oxygen atoms in total. The number of nitrogens with one attached hydrogen (secondary N) is 1. The van der Waals surface area contributed by atoms with E-state index < -0.39 is 6.04 Å². The number of aliphatic hydroxyl groups is 1. The van der Waals surface area contributed by atoms with Crippen LogP contribution in [0.1, 0.15) is 6.92 Å². The number of halogens is 1. The Labute approximate surface area is 99.0 Å². The Kier molecular flexibility index (Phi) is 3.28. The van der Waals surface area contributed by atoms with Crippen LogP contribution < -0.4 is 10.2 Å². The normalized spacial score (nSPS) is 24.6. The first-order chi connectivity index (χ1) is 8.15. The molecule has 2 N–H and O–H groups in total. The van der Waals surface area contributed by atoms with Gasteiger partial charge in [-0.3, -0.25) is 4.79 Å². The summed E-state index contributed by atoms with van der Waals surface area (Å²) in [5.74, 6) is -0.652. The number of para-hydroxylation sites is 1. The van der Waals surface area contributed by atoms with Crippen LogP contribution in [0.3, 0.4) is 0 Å². The minimum absolute atomic E-state index is 0.0539. The predicted molar refractivity (Wildman–Crippen MR) is 62.2 cm³/mol. The molecule has 1 heterocycles. The maximum Gasteiger partial charge on any atom is 0.245 e. The molecule has 1 saturated heterocycles. The zero-order valence-corrected chi connectivity index (χ0v) is 9.56. The number of aliphatic hydroxyl groups excluding tert-OH is 1. The number of nitrogens with zero attached hydrogens (tertiary/aromatic N) is 1. The van der Waals surface area contributed by atoms with Crippen molar-refractivity contribution >= 4 is 11.6 Å². The number of carbonyl (C=O) groups is 1. The first-order valence-corrected chi connectivity index (χ1v) is 5.56. The highest BCUT2D eigenvalue weighted by Crippen LogP contribution is 2.25. The largest absolute Gasteiger partial charge is 0.394 e. The topological polar surface area (TPSA) is 52.6 Å². The van der Waals surface area contributed by atoms with Crippen molar-refractivity contribution in [1.82, 2.24) is 5.32 Å². The third kappa shape index (κ3) is 2.10. The van der Waals surface area contributed by atoms with Gasteiger partial charge in [-0.15, -0.1) is 0 Å². The number of amides is 1. The standard InChI is InChI=1S/C12H15FN2O2/c1-8-6-14-12(17)11(7-16)15(8)10-5-3-2-4-9(10)13/h2-5,8,11,16H,6-7H2,1H3,(H,14,17). The monoisotopic (exact) mass is 238 g/mol. The van der Waals surface area contributed by atoms with E-state index in [9.17, 15) is 14.3 Å². The highest BCUT2D eigenvalue weighted by atomic mass is 19.1. The highest BCUT2D eigenvalue weighted by molar-refractivity contribution is 5.87. The summed E-state index contributed by atoms with van der Waals surface area (Å²) in [7, 11) is 0. The molecule has 0 bridgehead atoms. The Bertz CT molecular complexity index is 425. The van der Waals surface area contributed by atoms with Gasteiger partial charge in [0.05, 0.1) is 12.3 Å². The quantitative estimate of drug-likeness (QED) is 0.789. The summed E-state index contributed by atoms with van der Waals surface area (Å²) < 4.78 is 13.7. The lowest BCUT2D eigenvalue weighted by atomic mass is 10.1.